The van der Waals surface area contributed by atoms with Crippen LogP contribution in [0.25, 0.3) is 0 Å². The van der Waals surface area contributed by atoms with Crippen molar-refractivity contribution >= 4 is 5.97 Å². The highest BCUT2D eigenvalue weighted by Crippen LogP contribution is 2.12. The predicted molar refractivity (Wildman–Crippen MR) is 61.0 cm³/mol. The molecule has 0 amide bonds. The molecule has 0 fully saturated rings. The lowest BCUT2D eigenvalue weighted by Crippen LogP contribution is -2.21. The summed E-state index contributed by atoms with van der Waals surface area (Å²) >= 11 is 0. The molecule has 4 nitrogen and oxygen atoms in total. The van der Waals surface area contributed by atoms with Crippen molar-refractivity contribution in [2.45, 2.75) is 46.0 Å². The van der Waals surface area contributed by atoms with E-state index in [0.717, 1.165) is 19.3 Å². The molecule has 0 saturated carbocycles. The van der Waals surface area contributed by atoms with E-state index < -0.39 is 0 Å². The van der Waals surface area contributed by atoms with Gasteiger partial charge in [0.1, 0.15) is 0 Å². The Morgan fingerprint density at radius 2 is 1.93 bits per heavy atom. The molecule has 15 heavy (non-hydrogen) atoms. The molecule has 0 spiro atoms. The molecule has 0 saturated heterocycles. The van der Waals surface area contributed by atoms with Crippen LogP contribution in [0.3, 0.4) is 0 Å². The Kier molecular flexibility index (Phi) is 12.8. The smallest absolute Gasteiger partial charge is 0.311 e. The fraction of sp³-hybridized carbons (Fsp3) is 0.909. The molecular formula is C11H25NO3. The quantitative estimate of drug-likeness (QED) is 0.484. The average Bonchev–Trinajstić information content (AvgIpc) is 2.18. The van der Waals surface area contributed by atoms with Crippen LogP contribution in [-0.2, 0) is 9.53 Å². The number of carbonyl (C=O) groups is 1. The Morgan fingerprint density at radius 1 is 1.27 bits per heavy atom. The Bertz CT molecular complexity index is 151. The van der Waals surface area contributed by atoms with Gasteiger partial charge in [-0.2, -0.15) is 0 Å². The number of carbonyl (C=O) groups excluding carboxylic acids is 1. The minimum absolute atomic E-state index is 0. The van der Waals surface area contributed by atoms with Gasteiger partial charge in [-0.3, -0.25) is 4.79 Å². The van der Waals surface area contributed by atoms with Gasteiger partial charge in [-0.25, -0.2) is 0 Å². The van der Waals surface area contributed by atoms with Crippen molar-refractivity contribution in [2.75, 3.05) is 13.2 Å². The molecule has 0 aromatic carbocycles. The molecule has 92 valence electrons. The fourth-order valence-electron chi connectivity index (χ4n) is 1.36. The molecular weight excluding hydrogens is 194 g/mol. The van der Waals surface area contributed by atoms with E-state index in [9.17, 15) is 4.79 Å². The molecule has 1 unspecified atom stereocenters. The van der Waals surface area contributed by atoms with Gasteiger partial charge in [0.15, 0.2) is 0 Å². The zero-order chi connectivity index (χ0) is 10.8. The van der Waals surface area contributed by atoms with Crippen molar-refractivity contribution in [1.29, 1.82) is 0 Å². The third-order valence-corrected chi connectivity index (χ3v) is 2.25. The van der Waals surface area contributed by atoms with Crippen molar-refractivity contribution in [1.82, 2.24) is 6.15 Å². The second kappa shape index (κ2) is 11.5. The van der Waals surface area contributed by atoms with Gasteiger partial charge in [0.25, 0.3) is 0 Å². The van der Waals surface area contributed by atoms with E-state index in [1.54, 1.807) is 6.92 Å². The zero-order valence-electron chi connectivity index (χ0n) is 10.00. The molecule has 0 aliphatic heterocycles. The van der Waals surface area contributed by atoms with Gasteiger partial charge in [0.05, 0.1) is 19.1 Å². The van der Waals surface area contributed by atoms with E-state index in [4.69, 9.17) is 9.84 Å². The second-order valence-corrected chi connectivity index (χ2v) is 3.48. The van der Waals surface area contributed by atoms with Crippen LogP contribution in [0.1, 0.15) is 46.0 Å². The summed E-state index contributed by atoms with van der Waals surface area (Å²) < 4.78 is 4.85. The fourth-order valence-corrected chi connectivity index (χ4v) is 1.36. The third-order valence-electron chi connectivity index (χ3n) is 2.25. The van der Waals surface area contributed by atoms with Gasteiger partial charge < -0.3 is 16.0 Å². The summed E-state index contributed by atoms with van der Waals surface area (Å²) in [4.78, 5) is 11.3. The first-order valence-electron chi connectivity index (χ1n) is 5.53. The molecule has 4 N–H and O–H groups in total. The summed E-state index contributed by atoms with van der Waals surface area (Å²) in [6.07, 6.45) is 5.25. The minimum Gasteiger partial charge on any atom is -0.466 e. The number of aliphatic hydroxyl groups excluding tert-OH is 1. The maximum atomic E-state index is 11.3. The van der Waals surface area contributed by atoms with Gasteiger partial charge in [0, 0.05) is 0 Å². The van der Waals surface area contributed by atoms with Crippen molar-refractivity contribution in [3.05, 3.63) is 0 Å². The van der Waals surface area contributed by atoms with Crippen molar-refractivity contribution < 1.29 is 14.6 Å². The van der Waals surface area contributed by atoms with Crippen LogP contribution in [0.4, 0.5) is 0 Å². The summed E-state index contributed by atoms with van der Waals surface area (Å²) in [5, 5.41) is 8.98. The third kappa shape index (κ3) is 8.39. The van der Waals surface area contributed by atoms with Gasteiger partial charge in [-0.05, 0) is 13.3 Å². The molecule has 0 aromatic rings. The molecule has 0 radical (unpaired) electrons. The molecule has 0 aliphatic rings. The molecule has 1 atom stereocenters. The molecule has 0 aliphatic carbocycles. The van der Waals surface area contributed by atoms with Crippen LogP contribution >= 0.6 is 0 Å². The number of unbranched alkanes of at least 4 members (excludes halogenated alkanes) is 3. The number of ether oxygens (including phenoxy) is 1. The topological polar surface area (TPSA) is 81.5 Å². The number of hydrogen-bond donors (Lipinski definition) is 2. The van der Waals surface area contributed by atoms with Crippen LogP contribution in [-0.4, -0.2) is 24.3 Å². The van der Waals surface area contributed by atoms with Crippen LogP contribution in [0.5, 0.6) is 0 Å². The van der Waals surface area contributed by atoms with Gasteiger partial charge >= 0.3 is 5.97 Å². The first-order valence-corrected chi connectivity index (χ1v) is 5.53. The van der Waals surface area contributed by atoms with Crippen molar-refractivity contribution in [2.24, 2.45) is 5.92 Å². The molecule has 0 heterocycles. The predicted octanol–water partition coefficient (Wildman–Crippen LogP) is 2.29. The first kappa shape index (κ1) is 16.8. The van der Waals surface area contributed by atoms with Crippen molar-refractivity contribution in [3.63, 3.8) is 0 Å². The van der Waals surface area contributed by atoms with Gasteiger partial charge in [0.2, 0.25) is 0 Å². The molecule has 0 aromatic heterocycles. The lowest BCUT2D eigenvalue weighted by molar-refractivity contribution is -0.149. The van der Waals surface area contributed by atoms with E-state index >= 15 is 0 Å². The summed E-state index contributed by atoms with van der Waals surface area (Å²) in [5.74, 6) is -0.571. The summed E-state index contributed by atoms with van der Waals surface area (Å²) in [6.45, 7) is 4.23. The summed E-state index contributed by atoms with van der Waals surface area (Å²) in [5.41, 5.74) is 0. The van der Waals surface area contributed by atoms with E-state index in [0.29, 0.717) is 6.61 Å². The highest BCUT2D eigenvalue weighted by atomic mass is 16.5. The maximum absolute atomic E-state index is 11.3. The lowest BCUT2D eigenvalue weighted by atomic mass is 10.0. The SMILES string of the molecule is CCCCCCC(CO)C(=O)OCC.N. The molecule has 0 rings (SSSR count). The highest BCUT2D eigenvalue weighted by molar-refractivity contribution is 5.72. The maximum Gasteiger partial charge on any atom is 0.311 e. The largest absolute Gasteiger partial charge is 0.466 e. The van der Waals surface area contributed by atoms with E-state index in [2.05, 4.69) is 6.92 Å². The Morgan fingerprint density at radius 3 is 2.40 bits per heavy atom. The van der Waals surface area contributed by atoms with Crippen LogP contribution in [0.2, 0.25) is 0 Å². The van der Waals surface area contributed by atoms with Crippen LogP contribution in [0.15, 0.2) is 0 Å². The lowest BCUT2D eigenvalue weighted by Gasteiger charge is -2.12. The number of esters is 1. The minimum atomic E-state index is -0.313. The van der Waals surface area contributed by atoms with E-state index in [1.807, 2.05) is 0 Å². The first-order chi connectivity index (χ1) is 6.76. The van der Waals surface area contributed by atoms with Crippen LogP contribution in [0, 0.1) is 5.92 Å². The summed E-state index contributed by atoms with van der Waals surface area (Å²) in [7, 11) is 0. The number of hydrogen-bond acceptors (Lipinski definition) is 4. The number of rotatable bonds is 8. The average molecular weight is 219 g/mol. The molecule has 0 bridgehead atoms. The second-order valence-electron chi connectivity index (χ2n) is 3.48. The normalized spacial score (nSPS) is 11.7. The standard InChI is InChI=1S/C11H22O3.H3N/c1-3-5-6-7-8-10(9-12)11(13)14-4-2;/h10,12H,3-9H2,1-2H3;1H3. The van der Waals surface area contributed by atoms with Crippen LogP contribution < -0.4 is 6.15 Å². The Hall–Kier alpha value is -0.610. The van der Waals surface area contributed by atoms with Gasteiger partial charge in [-0.15, -0.1) is 0 Å². The Balaban J connectivity index is 0. The van der Waals surface area contributed by atoms with Crippen molar-refractivity contribution in [3.8, 4) is 0 Å². The van der Waals surface area contributed by atoms with E-state index in [1.165, 1.54) is 12.8 Å². The summed E-state index contributed by atoms with van der Waals surface area (Å²) in [6, 6.07) is 0. The Labute approximate surface area is 92.6 Å². The van der Waals surface area contributed by atoms with E-state index in [-0.39, 0.29) is 24.6 Å². The monoisotopic (exact) mass is 219 g/mol. The van der Waals surface area contributed by atoms with Gasteiger partial charge in [-0.1, -0.05) is 32.6 Å². The highest BCUT2D eigenvalue weighted by Gasteiger charge is 2.17. The zero-order valence-corrected chi connectivity index (χ0v) is 10.00. The number of aliphatic hydroxyl groups is 1. The molecule has 4 heteroatoms.